The average Bonchev–Trinajstić information content (AvgIpc) is 3.32. The first kappa shape index (κ1) is 14.0. The lowest BCUT2D eigenvalue weighted by atomic mass is 10.1. The van der Waals surface area contributed by atoms with E-state index in [4.69, 9.17) is 0 Å². The first-order chi connectivity index (χ1) is 12.2. The molecule has 0 bridgehead atoms. The summed E-state index contributed by atoms with van der Waals surface area (Å²) in [5.41, 5.74) is 5.39. The van der Waals surface area contributed by atoms with Gasteiger partial charge >= 0.3 is 0 Å². The van der Waals surface area contributed by atoms with Crippen LogP contribution in [0.4, 0.5) is 0 Å². The third kappa shape index (κ3) is 2.09. The van der Waals surface area contributed by atoms with Crippen molar-refractivity contribution >= 4 is 21.8 Å². The Labute approximate surface area is 144 Å². The van der Waals surface area contributed by atoms with E-state index in [1.165, 1.54) is 10.8 Å². The number of hydrogen-bond acceptors (Lipinski definition) is 1. The average molecular weight is 327 g/mol. The molecule has 0 aliphatic carbocycles. The van der Waals surface area contributed by atoms with Crippen molar-refractivity contribution in [2.75, 3.05) is 0 Å². The molecule has 122 valence electrons. The van der Waals surface area contributed by atoms with Crippen LogP contribution in [0.5, 0.6) is 0 Å². The zero-order valence-electron chi connectivity index (χ0n) is 14.1. The zero-order valence-corrected chi connectivity index (χ0v) is 14.1. The van der Waals surface area contributed by atoms with Crippen molar-refractivity contribution in [3.05, 3.63) is 67.6 Å². The van der Waals surface area contributed by atoms with Gasteiger partial charge in [0.2, 0.25) is 6.33 Å². The van der Waals surface area contributed by atoms with Gasteiger partial charge in [-0.05, 0) is 0 Å². The zero-order chi connectivity index (χ0) is 17.0. The molecule has 5 aromatic rings. The lowest BCUT2D eigenvalue weighted by Crippen LogP contribution is -2.24. The first-order valence-corrected chi connectivity index (χ1v) is 8.19. The Hall–Kier alpha value is -3.34. The number of aromatic amines is 1. The summed E-state index contributed by atoms with van der Waals surface area (Å²) >= 11 is 0. The molecule has 0 spiro atoms. The lowest BCUT2D eigenvalue weighted by Gasteiger charge is -2.04. The summed E-state index contributed by atoms with van der Waals surface area (Å²) in [6.45, 7) is 0. The van der Waals surface area contributed by atoms with Crippen LogP contribution in [0, 0.1) is 6.33 Å². The van der Waals surface area contributed by atoms with Crippen molar-refractivity contribution in [3.63, 3.8) is 0 Å². The Morgan fingerprint density at radius 2 is 1.88 bits per heavy atom. The quantitative estimate of drug-likeness (QED) is 0.393. The van der Waals surface area contributed by atoms with Gasteiger partial charge in [0.25, 0.3) is 0 Å². The van der Waals surface area contributed by atoms with E-state index in [0.717, 1.165) is 28.0 Å². The van der Waals surface area contributed by atoms with E-state index < -0.39 is 0 Å². The predicted molar refractivity (Wildman–Crippen MR) is 97.3 cm³/mol. The van der Waals surface area contributed by atoms with Gasteiger partial charge < -0.3 is 18.7 Å². The molecule has 0 saturated carbocycles. The largest absolute Gasteiger partial charge is 0.358 e. The molecular formula is C20H17N5. The molecule has 0 radical (unpaired) electrons. The molecule has 0 atom stereocenters. The minimum atomic E-state index is 0.972. The highest BCUT2D eigenvalue weighted by Gasteiger charge is 2.13. The number of aromatic nitrogens is 5. The molecule has 0 saturated heterocycles. The molecule has 1 N–H and O–H groups in total. The fourth-order valence-electron chi connectivity index (χ4n) is 3.44. The maximum Gasteiger partial charge on any atom is 0.243 e. The number of imidazole rings is 2. The minimum Gasteiger partial charge on any atom is -0.358 e. The van der Waals surface area contributed by atoms with Gasteiger partial charge in [0.1, 0.15) is 0 Å². The van der Waals surface area contributed by atoms with Crippen molar-refractivity contribution in [3.8, 4) is 16.9 Å². The lowest BCUT2D eigenvalue weighted by molar-refractivity contribution is -0.674. The van der Waals surface area contributed by atoms with E-state index in [9.17, 15) is 0 Å². The fourth-order valence-corrected chi connectivity index (χ4v) is 3.44. The van der Waals surface area contributed by atoms with Crippen molar-refractivity contribution < 1.29 is 4.57 Å². The number of rotatable bonds is 2. The Morgan fingerprint density at radius 1 is 1.08 bits per heavy atom. The molecule has 0 aliphatic rings. The van der Waals surface area contributed by atoms with Gasteiger partial charge in [0.15, 0.2) is 0 Å². The van der Waals surface area contributed by atoms with Gasteiger partial charge in [0.05, 0.1) is 35.8 Å². The Bertz CT molecular complexity index is 1130. The normalized spacial score (nSPS) is 11.6. The van der Waals surface area contributed by atoms with Gasteiger partial charge in [0, 0.05) is 42.0 Å². The molecule has 0 fully saturated rings. The molecule has 5 heteroatoms. The number of nitrogens with one attached hydrogen (secondary N) is 1. The second-order valence-corrected chi connectivity index (χ2v) is 6.36. The second kappa shape index (κ2) is 5.08. The third-order valence-electron chi connectivity index (χ3n) is 4.59. The number of H-pyrrole nitrogens is 1. The summed E-state index contributed by atoms with van der Waals surface area (Å²) in [6, 6.07) is 12.7. The Morgan fingerprint density at radius 3 is 2.60 bits per heavy atom. The monoisotopic (exact) mass is 327 g/mol. The van der Waals surface area contributed by atoms with E-state index in [2.05, 4.69) is 52.7 Å². The highest BCUT2D eigenvalue weighted by molar-refractivity contribution is 6.13. The van der Waals surface area contributed by atoms with Crippen molar-refractivity contribution in [1.29, 1.82) is 0 Å². The third-order valence-corrected chi connectivity index (χ3v) is 4.59. The summed E-state index contributed by atoms with van der Waals surface area (Å²) in [5.74, 6) is 0. The van der Waals surface area contributed by atoms with Gasteiger partial charge in [-0.25, -0.2) is 4.98 Å². The molecule has 3 aromatic heterocycles. The highest BCUT2D eigenvalue weighted by Crippen LogP contribution is 2.34. The number of nitrogens with zero attached hydrogens (tertiary/aromatic N) is 4. The van der Waals surface area contributed by atoms with Crippen LogP contribution in [0.2, 0.25) is 0 Å². The van der Waals surface area contributed by atoms with Crippen LogP contribution in [-0.4, -0.2) is 19.1 Å². The maximum atomic E-state index is 4.52. The topological polar surface area (TPSA) is 42.4 Å². The molecular weight excluding hydrogens is 310 g/mol. The first-order valence-electron chi connectivity index (χ1n) is 8.19. The van der Waals surface area contributed by atoms with Crippen LogP contribution in [0.3, 0.4) is 0 Å². The molecule has 0 amide bonds. The van der Waals surface area contributed by atoms with E-state index in [-0.39, 0.29) is 0 Å². The maximum absolute atomic E-state index is 4.52. The van der Waals surface area contributed by atoms with E-state index in [0.29, 0.717) is 0 Å². The van der Waals surface area contributed by atoms with Gasteiger partial charge in [-0.1, -0.05) is 36.4 Å². The van der Waals surface area contributed by atoms with Gasteiger partial charge in [-0.15, -0.1) is 0 Å². The Balaban J connectivity index is 1.84. The van der Waals surface area contributed by atoms with Crippen LogP contribution >= 0.6 is 0 Å². The summed E-state index contributed by atoms with van der Waals surface area (Å²) < 4.78 is 5.90. The molecule has 0 unspecified atom stereocenters. The molecule has 0 aliphatic heterocycles. The fraction of sp³-hybridized carbons (Fsp3) is 0.100. The van der Waals surface area contributed by atoms with Gasteiger partial charge in [-0.2, -0.15) is 0 Å². The van der Waals surface area contributed by atoms with E-state index in [1.807, 2.05) is 52.7 Å². The molecule has 5 rings (SSSR count). The van der Waals surface area contributed by atoms with E-state index >= 15 is 0 Å². The summed E-state index contributed by atoms with van der Waals surface area (Å²) in [4.78, 5) is 8.15. The van der Waals surface area contributed by atoms with Crippen LogP contribution in [0.25, 0.3) is 38.8 Å². The summed E-state index contributed by atoms with van der Waals surface area (Å²) in [5, 5.41) is 2.41. The second-order valence-electron chi connectivity index (χ2n) is 6.36. The van der Waals surface area contributed by atoms with E-state index in [1.54, 1.807) is 0 Å². The summed E-state index contributed by atoms with van der Waals surface area (Å²) in [7, 11) is 3.96. The van der Waals surface area contributed by atoms with Crippen molar-refractivity contribution in [1.82, 2.24) is 19.1 Å². The van der Waals surface area contributed by atoms with Crippen LogP contribution in [-0.2, 0) is 14.1 Å². The predicted octanol–water partition coefficient (Wildman–Crippen LogP) is 3.14. The molecule has 3 heterocycles. The number of aryl methyl sites for hydroxylation is 2. The number of fused-ring (bicyclic) bond motifs is 3. The number of hydrogen-bond donors (Lipinski definition) is 1. The van der Waals surface area contributed by atoms with Gasteiger partial charge in [-0.3, -0.25) is 0 Å². The smallest absolute Gasteiger partial charge is 0.243 e. The van der Waals surface area contributed by atoms with Crippen molar-refractivity contribution in [2.45, 2.75) is 0 Å². The SMILES string of the molecule is Cn1cnc(-c2cccc3c2[nH]c2c(-n4[c-][n+](C)cc4)cccc23)c1. The molecule has 25 heavy (non-hydrogen) atoms. The van der Waals surface area contributed by atoms with Crippen molar-refractivity contribution in [2.24, 2.45) is 14.1 Å². The highest BCUT2D eigenvalue weighted by atomic mass is 15.1. The minimum absolute atomic E-state index is 0.972. The van der Waals surface area contributed by atoms with Crippen LogP contribution in [0.1, 0.15) is 0 Å². The molecule has 2 aromatic carbocycles. The van der Waals surface area contributed by atoms with Crippen LogP contribution < -0.4 is 4.57 Å². The molecule has 5 nitrogen and oxygen atoms in total. The standard InChI is InChI=1S/C20H17N5/c1-23-9-10-25(13-23)18-8-4-6-15-14-5-3-7-16(19(14)22-20(15)18)17-11-24(2)12-21-17/h3-12,22H,1-2H3. The Kier molecular flexibility index (Phi) is 2.85. The number of para-hydroxylation sites is 2. The summed E-state index contributed by atoms with van der Waals surface area (Å²) in [6.07, 6.45) is 11.1. The van der Waals surface area contributed by atoms with Crippen LogP contribution in [0.15, 0.2) is 61.3 Å². The number of benzene rings is 2.